The van der Waals surface area contributed by atoms with Gasteiger partial charge in [0, 0.05) is 13.3 Å². The molecule has 1 aliphatic rings. The zero-order chi connectivity index (χ0) is 11.0. The van der Waals surface area contributed by atoms with E-state index in [1.807, 2.05) is 12.2 Å². The molecule has 80 valence electrons. The van der Waals surface area contributed by atoms with Crippen molar-refractivity contribution >= 4 is 5.97 Å². The van der Waals surface area contributed by atoms with Crippen molar-refractivity contribution in [1.29, 1.82) is 0 Å². The van der Waals surface area contributed by atoms with Gasteiger partial charge in [-0.3, -0.25) is 4.79 Å². The van der Waals surface area contributed by atoms with Crippen molar-refractivity contribution in [2.24, 2.45) is 5.92 Å². The van der Waals surface area contributed by atoms with Crippen LogP contribution < -0.4 is 0 Å². The van der Waals surface area contributed by atoms with E-state index < -0.39 is 0 Å². The minimum absolute atomic E-state index is 0.212. The molecule has 0 fully saturated rings. The lowest BCUT2D eigenvalue weighted by Gasteiger charge is -2.11. The SMILES string of the molecule is C=CC(C)CC.CC(=O)OC1=CCC1. The molecule has 0 N–H and O–H groups in total. The number of carbonyl (C=O) groups excluding carboxylic acids is 1. The first-order valence-electron chi connectivity index (χ1n) is 5.10. The molecular weight excluding hydrogens is 176 g/mol. The van der Waals surface area contributed by atoms with Crippen molar-refractivity contribution in [3.05, 3.63) is 24.5 Å². The molecule has 0 saturated heterocycles. The molecular formula is C12H20O2. The van der Waals surface area contributed by atoms with Crippen molar-refractivity contribution in [2.45, 2.75) is 40.0 Å². The highest BCUT2D eigenvalue weighted by Gasteiger charge is 2.07. The topological polar surface area (TPSA) is 26.3 Å². The Bertz CT molecular complexity index is 216. The van der Waals surface area contributed by atoms with Gasteiger partial charge >= 0.3 is 5.97 Å². The minimum atomic E-state index is -0.212. The van der Waals surface area contributed by atoms with E-state index in [1.54, 1.807) is 0 Å². The van der Waals surface area contributed by atoms with E-state index in [9.17, 15) is 4.79 Å². The van der Waals surface area contributed by atoms with E-state index in [-0.39, 0.29) is 5.97 Å². The molecule has 2 nitrogen and oxygen atoms in total. The number of allylic oxidation sites excluding steroid dienone is 3. The average Bonchev–Trinajstić information content (AvgIpc) is 2.11. The zero-order valence-electron chi connectivity index (χ0n) is 9.38. The van der Waals surface area contributed by atoms with E-state index >= 15 is 0 Å². The fourth-order valence-electron chi connectivity index (χ4n) is 0.706. The van der Waals surface area contributed by atoms with Crippen LogP contribution in [0.4, 0.5) is 0 Å². The molecule has 0 radical (unpaired) electrons. The van der Waals surface area contributed by atoms with Gasteiger partial charge in [-0.15, -0.1) is 6.58 Å². The average molecular weight is 196 g/mol. The highest BCUT2D eigenvalue weighted by atomic mass is 16.5. The number of carbonyl (C=O) groups is 1. The highest BCUT2D eigenvalue weighted by Crippen LogP contribution is 2.18. The molecule has 0 heterocycles. The van der Waals surface area contributed by atoms with Crippen LogP contribution in [0, 0.1) is 5.92 Å². The largest absolute Gasteiger partial charge is 0.432 e. The Morgan fingerprint density at radius 1 is 1.79 bits per heavy atom. The summed E-state index contributed by atoms with van der Waals surface area (Å²) >= 11 is 0. The Labute approximate surface area is 86.6 Å². The number of esters is 1. The molecule has 0 aliphatic heterocycles. The van der Waals surface area contributed by atoms with Crippen molar-refractivity contribution in [1.82, 2.24) is 0 Å². The smallest absolute Gasteiger partial charge is 0.307 e. The maximum Gasteiger partial charge on any atom is 0.307 e. The van der Waals surface area contributed by atoms with Gasteiger partial charge in [-0.05, 0) is 18.4 Å². The van der Waals surface area contributed by atoms with E-state index in [2.05, 4.69) is 20.4 Å². The molecule has 14 heavy (non-hydrogen) atoms. The highest BCUT2D eigenvalue weighted by molar-refractivity contribution is 5.67. The predicted octanol–water partition coefficient (Wildman–Crippen LogP) is 3.45. The second-order valence-electron chi connectivity index (χ2n) is 3.42. The first-order valence-corrected chi connectivity index (χ1v) is 5.10. The van der Waals surface area contributed by atoms with Crippen LogP contribution in [0.15, 0.2) is 24.5 Å². The van der Waals surface area contributed by atoms with Gasteiger partial charge in [-0.1, -0.05) is 26.3 Å². The van der Waals surface area contributed by atoms with Crippen molar-refractivity contribution in [2.75, 3.05) is 0 Å². The van der Waals surface area contributed by atoms with Gasteiger partial charge in [0.15, 0.2) is 0 Å². The Balaban J connectivity index is 0.000000255. The molecule has 0 aromatic heterocycles. The third-order valence-electron chi connectivity index (χ3n) is 2.08. The molecule has 0 amide bonds. The Hall–Kier alpha value is -1.05. The van der Waals surface area contributed by atoms with Crippen LogP contribution in [0.2, 0.25) is 0 Å². The summed E-state index contributed by atoms with van der Waals surface area (Å²) in [5.74, 6) is 1.32. The number of hydrogen-bond acceptors (Lipinski definition) is 2. The van der Waals surface area contributed by atoms with Crippen molar-refractivity contribution in [3.63, 3.8) is 0 Å². The summed E-state index contributed by atoms with van der Waals surface area (Å²) in [6.07, 6.45) is 7.09. The lowest BCUT2D eigenvalue weighted by molar-refractivity contribution is -0.137. The molecule has 1 aliphatic carbocycles. The molecule has 0 saturated carbocycles. The Kier molecular flexibility index (Phi) is 6.81. The monoisotopic (exact) mass is 196 g/mol. The number of rotatable bonds is 3. The first kappa shape index (κ1) is 12.9. The molecule has 2 heteroatoms. The summed E-state index contributed by atoms with van der Waals surface area (Å²) in [4.78, 5) is 10.2. The van der Waals surface area contributed by atoms with Crippen LogP contribution in [0.25, 0.3) is 0 Å². The molecule has 1 atom stereocenters. The van der Waals surface area contributed by atoms with E-state index in [1.165, 1.54) is 13.3 Å². The maximum atomic E-state index is 10.2. The lowest BCUT2D eigenvalue weighted by Crippen LogP contribution is -2.03. The van der Waals surface area contributed by atoms with Crippen LogP contribution in [-0.4, -0.2) is 5.97 Å². The summed E-state index contributed by atoms with van der Waals surface area (Å²) in [6.45, 7) is 9.37. The first-order chi connectivity index (χ1) is 6.60. The van der Waals surface area contributed by atoms with Gasteiger partial charge in [0.1, 0.15) is 5.76 Å². The summed E-state index contributed by atoms with van der Waals surface area (Å²) < 4.78 is 4.71. The van der Waals surface area contributed by atoms with Crippen LogP contribution >= 0.6 is 0 Å². The molecule has 0 bridgehead atoms. The van der Waals surface area contributed by atoms with Crippen LogP contribution in [0.5, 0.6) is 0 Å². The van der Waals surface area contributed by atoms with Crippen molar-refractivity contribution in [3.8, 4) is 0 Å². The van der Waals surface area contributed by atoms with Gasteiger partial charge in [0.25, 0.3) is 0 Å². The third-order valence-corrected chi connectivity index (χ3v) is 2.08. The number of ether oxygens (including phenoxy) is 1. The summed E-state index contributed by atoms with van der Waals surface area (Å²) in [6, 6.07) is 0. The van der Waals surface area contributed by atoms with E-state index in [4.69, 9.17) is 4.74 Å². The Morgan fingerprint density at radius 2 is 2.36 bits per heavy atom. The third kappa shape index (κ3) is 6.46. The molecule has 0 spiro atoms. The van der Waals surface area contributed by atoms with E-state index in [0.717, 1.165) is 18.6 Å². The maximum absolute atomic E-state index is 10.2. The quantitative estimate of drug-likeness (QED) is 0.510. The Morgan fingerprint density at radius 3 is 2.43 bits per heavy atom. The predicted molar refractivity (Wildman–Crippen MR) is 58.7 cm³/mol. The second kappa shape index (κ2) is 7.36. The second-order valence-corrected chi connectivity index (χ2v) is 3.42. The standard InChI is InChI=1S/C6H8O2.C6H12/c1-5(7)8-6-3-2-4-6;1-4-6(3)5-2/h3H,2,4H2,1H3;4,6H,1,5H2,2-3H3. The zero-order valence-corrected chi connectivity index (χ0v) is 9.38. The van der Waals surface area contributed by atoms with Crippen LogP contribution in [0.3, 0.4) is 0 Å². The van der Waals surface area contributed by atoms with Gasteiger partial charge in [-0.25, -0.2) is 0 Å². The van der Waals surface area contributed by atoms with Gasteiger partial charge < -0.3 is 4.74 Å². The van der Waals surface area contributed by atoms with E-state index in [0.29, 0.717) is 5.92 Å². The van der Waals surface area contributed by atoms with Crippen LogP contribution in [0.1, 0.15) is 40.0 Å². The van der Waals surface area contributed by atoms with Gasteiger partial charge in [-0.2, -0.15) is 0 Å². The summed E-state index contributed by atoms with van der Waals surface area (Å²) in [7, 11) is 0. The molecule has 0 aromatic rings. The number of hydrogen-bond donors (Lipinski definition) is 0. The minimum Gasteiger partial charge on any atom is -0.432 e. The molecule has 1 rings (SSSR count). The fourth-order valence-corrected chi connectivity index (χ4v) is 0.706. The fraction of sp³-hybridized carbons (Fsp3) is 0.583. The molecule has 1 unspecified atom stereocenters. The normalized spacial score (nSPS) is 15.2. The van der Waals surface area contributed by atoms with Crippen LogP contribution in [-0.2, 0) is 9.53 Å². The lowest BCUT2D eigenvalue weighted by atomic mass is 10.1. The van der Waals surface area contributed by atoms with Crippen molar-refractivity contribution < 1.29 is 9.53 Å². The van der Waals surface area contributed by atoms with Gasteiger partial charge in [0.05, 0.1) is 0 Å². The summed E-state index contributed by atoms with van der Waals surface area (Å²) in [5, 5.41) is 0. The van der Waals surface area contributed by atoms with Gasteiger partial charge in [0.2, 0.25) is 0 Å². The molecule has 0 aromatic carbocycles. The summed E-state index contributed by atoms with van der Waals surface area (Å²) in [5.41, 5.74) is 0.